The van der Waals surface area contributed by atoms with Crippen LogP contribution in [0.4, 0.5) is 5.69 Å². The molecular formula is C17H28N2O. The first-order valence-electron chi connectivity index (χ1n) is 7.61. The Balaban J connectivity index is 2.14. The van der Waals surface area contributed by atoms with Crippen LogP contribution in [0.1, 0.15) is 46.0 Å². The fraction of sp³-hybridized carbons (Fsp3) is 0.647. The van der Waals surface area contributed by atoms with E-state index in [0.29, 0.717) is 12.0 Å². The summed E-state index contributed by atoms with van der Waals surface area (Å²) in [4.78, 5) is 0. The standard InChI is InChI=1S/C17H28N2O/c1-16(2)8-5-9-17(13-18,11-10-16)19-14-6-4-7-15(12-14)20-3/h4,6-7,12,19H,5,8-11,13,18H2,1-3H3. The van der Waals surface area contributed by atoms with Gasteiger partial charge in [-0.15, -0.1) is 0 Å². The lowest BCUT2D eigenvalue weighted by atomic mass is 9.83. The van der Waals surface area contributed by atoms with E-state index in [1.165, 1.54) is 19.3 Å². The first-order valence-corrected chi connectivity index (χ1v) is 7.61. The van der Waals surface area contributed by atoms with Crippen molar-refractivity contribution >= 4 is 5.69 Å². The molecule has 3 nitrogen and oxygen atoms in total. The third kappa shape index (κ3) is 3.66. The zero-order valence-corrected chi connectivity index (χ0v) is 13.0. The van der Waals surface area contributed by atoms with Crippen LogP contribution < -0.4 is 15.8 Å². The molecule has 2 rings (SSSR count). The zero-order chi connectivity index (χ0) is 14.6. The molecule has 1 aromatic carbocycles. The highest BCUT2D eigenvalue weighted by molar-refractivity contribution is 5.50. The van der Waals surface area contributed by atoms with E-state index in [1.54, 1.807) is 7.11 Å². The number of methoxy groups -OCH3 is 1. The van der Waals surface area contributed by atoms with Crippen LogP contribution in [-0.4, -0.2) is 19.2 Å². The molecular weight excluding hydrogens is 248 g/mol. The van der Waals surface area contributed by atoms with E-state index in [9.17, 15) is 0 Å². The van der Waals surface area contributed by atoms with Crippen LogP contribution in [0.25, 0.3) is 0 Å². The molecule has 3 heteroatoms. The van der Waals surface area contributed by atoms with Gasteiger partial charge in [0, 0.05) is 23.8 Å². The Kier molecular flexibility index (Phi) is 4.59. The Labute approximate surface area is 122 Å². The predicted octanol–water partition coefficient (Wildman–Crippen LogP) is 3.79. The Hall–Kier alpha value is -1.22. The molecule has 1 aliphatic carbocycles. The van der Waals surface area contributed by atoms with E-state index in [1.807, 2.05) is 18.2 Å². The van der Waals surface area contributed by atoms with Gasteiger partial charge in [-0.3, -0.25) is 0 Å². The van der Waals surface area contributed by atoms with Crippen molar-refractivity contribution in [2.24, 2.45) is 11.1 Å². The van der Waals surface area contributed by atoms with E-state index in [0.717, 1.165) is 24.3 Å². The lowest BCUT2D eigenvalue weighted by Gasteiger charge is -2.34. The molecule has 0 bridgehead atoms. The van der Waals surface area contributed by atoms with Gasteiger partial charge in [0.25, 0.3) is 0 Å². The normalized spacial score (nSPS) is 25.8. The molecule has 1 saturated carbocycles. The summed E-state index contributed by atoms with van der Waals surface area (Å²) in [7, 11) is 1.70. The van der Waals surface area contributed by atoms with E-state index in [-0.39, 0.29) is 5.54 Å². The lowest BCUT2D eigenvalue weighted by molar-refractivity contribution is 0.304. The molecule has 0 aliphatic heterocycles. The number of nitrogens with two attached hydrogens (primary N) is 1. The molecule has 112 valence electrons. The monoisotopic (exact) mass is 276 g/mol. The summed E-state index contributed by atoms with van der Waals surface area (Å²) in [5, 5.41) is 3.69. The minimum absolute atomic E-state index is 0.0279. The van der Waals surface area contributed by atoms with Crippen molar-refractivity contribution in [3.05, 3.63) is 24.3 Å². The fourth-order valence-electron chi connectivity index (χ4n) is 3.12. The maximum absolute atomic E-state index is 6.12. The van der Waals surface area contributed by atoms with Crippen molar-refractivity contribution in [2.45, 2.75) is 51.5 Å². The minimum atomic E-state index is 0.0279. The second kappa shape index (κ2) is 6.04. The van der Waals surface area contributed by atoms with Crippen LogP contribution in [0, 0.1) is 5.41 Å². The molecule has 20 heavy (non-hydrogen) atoms. The topological polar surface area (TPSA) is 47.3 Å². The summed E-state index contributed by atoms with van der Waals surface area (Å²) < 4.78 is 5.30. The highest BCUT2D eigenvalue weighted by Gasteiger charge is 2.34. The Morgan fingerprint density at radius 3 is 2.70 bits per heavy atom. The number of hydrogen-bond donors (Lipinski definition) is 2. The average Bonchev–Trinajstić information content (AvgIpc) is 2.59. The van der Waals surface area contributed by atoms with Gasteiger partial charge in [0.1, 0.15) is 5.75 Å². The second-order valence-electron chi connectivity index (χ2n) is 6.86. The van der Waals surface area contributed by atoms with Crippen LogP contribution in [0.15, 0.2) is 24.3 Å². The minimum Gasteiger partial charge on any atom is -0.497 e. The van der Waals surface area contributed by atoms with Crippen LogP contribution in [0.3, 0.4) is 0 Å². The van der Waals surface area contributed by atoms with Gasteiger partial charge >= 0.3 is 0 Å². The summed E-state index contributed by atoms with van der Waals surface area (Å²) in [6.07, 6.45) is 6.02. The smallest absolute Gasteiger partial charge is 0.120 e. The molecule has 0 spiro atoms. The molecule has 3 N–H and O–H groups in total. The highest BCUT2D eigenvalue weighted by atomic mass is 16.5. The van der Waals surface area contributed by atoms with E-state index < -0.39 is 0 Å². The summed E-state index contributed by atoms with van der Waals surface area (Å²) >= 11 is 0. The molecule has 1 atom stereocenters. The first-order chi connectivity index (χ1) is 9.49. The van der Waals surface area contributed by atoms with Gasteiger partial charge in [-0.2, -0.15) is 0 Å². The van der Waals surface area contributed by atoms with Crippen LogP contribution in [0.5, 0.6) is 5.75 Å². The van der Waals surface area contributed by atoms with Gasteiger partial charge in [0.15, 0.2) is 0 Å². The van der Waals surface area contributed by atoms with Crippen molar-refractivity contribution in [3.8, 4) is 5.75 Å². The number of rotatable bonds is 4. The van der Waals surface area contributed by atoms with Crippen LogP contribution in [-0.2, 0) is 0 Å². The SMILES string of the molecule is COc1cccc(NC2(CN)CCCC(C)(C)CC2)c1. The van der Waals surface area contributed by atoms with Gasteiger partial charge in [-0.1, -0.05) is 26.3 Å². The van der Waals surface area contributed by atoms with Crippen molar-refractivity contribution < 1.29 is 4.74 Å². The number of benzene rings is 1. The van der Waals surface area contributed by atoms with Crippen molar-refractivity contribution in [1.29, 1.82) is 0 Å². The molecule has 1 aromatic rings. The van der Waals surface area contributed by atoms with Crippen LogP contribution >= 0.6 is 0 Å². The maximum Gasteiger partial charge on any atom is 0.120 e. The number of hydrogen-bond acceptors (Lipinski definition) is 3. The van der Waals surface area contributed by atoms with Gasteiger partial charge in [0.2, 0.25) is 0 Å². The summed E-state index contributed by atoms with van der Waals surface area (Å²) in [6.45, 7) is 5.41. The van der Waals surface area contributed by atoms with E-state index in [2.05, 4.69) is 25.2 Å². The van der Waals surface area contributed by atoms with Crippen LogP contribution in [0.2, 0.25) is 0 Å². The molecule has 0 aromatic heterocycles. The van der Waals surface area contributed by atoms with E-state index >= 15 is 0 Å². The number of nitrogens with one attached hydrogen (secondary N) is 1. The molecule has 0 amide bonds. The highest BCUT2D eigenvalue weighted by Crippen LogP contribution is 2.39. The molecule has 1 fully saturated rings. The van der Waals surface area contributed by atoms with Gasteiger partial charge < -0.3 is 15.8 Å². The molecule has 0 radical (unpaired) electrons. The summed E-state index contributed by atoms with van der Waals surface area (Å²) in [5.74, 6) is 0.885. The van der Waals surface area contributed by atoms with Gasteiger partial charge in [-0.05, 0) is 43.2 Å². The summed E-state index contributed by atoms with van der Waals surface area (Å²) in [6, 6.07) is 8.13. The van der Waals surface area contributed by atoms with Crippen molar-refractivity contribution in [2.75, 3.05) is 19.0 Å². The maximum atomic E-state index is 6.12. The predicted molar refractivity (Wildman–Crippen MR) is 85.3 cm³/mol. The Morgan fingerprint density at radius 2 is 2.00 bits per heavy atom. The molecule has 1 unspecified atom stereocenters. The average molecular weight is 276 g/mol. The van der Waals surface area contributed by atoms with E-state index in [4.69, 9.17) is 10.5 Å². The molecule has 1 aliphatic rings. The summed E-state index contributed by atoms with van der Waals surface area (Å²) in [5.41, 5.74) is 7.69. The second-order valence-corrected chi connectivity index (χ2v) is 6.86. The van der Waals surface area contributed by atoms with Crippen molar-refractivity contribution in [3.63, 3.8) is 0 Å². The largest absolute Gasteiger partial charge is 0.497 e. The lowest BCUT2D eigenvalue weighted by Crippen LogP contribution is -2.45. The fourth-order valence-corrected chi connectivity index (χ4v) is 3.12. The number of anilines is 1. The number of ether oxygens (including phenoxy) is 1. The van der Waals surface area contributed by atoms with Gasteiger partial charge in [0.05, 0.1) is 7.11 Å². The molecule has 0 saturated heterocycles. The quantitative estimate of drug-likeness (QED) is 0.822. The zero-order valence-electron chi connectivity index (χ0n) is 13.0. The third-order valence-corrected chi connectivity index (χ3v) is 4.66. The first kappa shape index (κ1) is 15.2. The third-order valence-electron chi connectivity index (χ3n) is 4.66. The van der Waals surface area contributed by atoms with Crippen molar-refractivity contribution in [1.82, 2.24) is 0 Å². The molecule has 0 heterocycles. The Bertz CT molecular complexity index is 444. The van der Waals surface area contributed by atoms with Gasteiger partial charge in [-0.25, -0.2) is 0 Å². The Morgan fingerprint density at radius 1 is 1.20 bits per heavy atom.